The van der Waals surface area contributed by atoms with Crippen molar-refractivity contribution in [1.29, 1.82) is 5.26 Å². The molecule has 0 saturated carbocycles. The number of carbonyl (C=O) groups excluding carboxylic acids is 1. The lowest BCUT2D eigenvalue weighted by atomic mass is 10.0. The van der Waals surface area contributed by atoms with Gasteiger partial charge in [0.15, 0.2) is 0 Å². The van der Waals surface area contributed by atoms with Crippen molar-refractivity contribution in [3.05, 3.63) is 63.4 Å². The predicted molar refractivity (Wildman–Crippen MR) is 113 cm³/mol. The zero-order chi connectivity index (χ0) is 21.5. The fourth-order valence-electron chi connectivity index (χ4n) is 4.07. The topological polar surface area (TPSA) is 114 Å². The molecule has 1 fully saturated rings. The van der Waals surface area contributed by atoms with Crippen LogP contribution in [0.5, 0.6) is 0 Å². The van der Waals surface area contributed by atoms with Gasteiger partial charge in [0, 0.05) is 29.3 Å². The van der Waals surface area contributed by atoms with E-state index in [4.69, 9.17) is 32.1 Å². The third kappa shape index (κ3) is 3.37. The fraction of sp³-hybridized carbons (Fsp3) is 0.273. The van der Waals surface area contributed by atoms with E-state index in [0.29, 0.717) is 55.1 Å². The first kappa shape index (κ1) is 19.7. The molecule has 2 aromatic heterocycles. The Kier molecular flexibility index (Phi) is 4.94. The summed E-state index contributed by atoms with van der Waals surface area (Å²) in [5.41, 5.74) is 10.1. The number of halogens is 1. The number of rotatable bonds is 2. The molecule has 2 N–H and O–H groups in total. The van der Waals surface area contributed by atoms with E-state index in [-0.39, 0.29) is 11.5 Å². The Hall–Kier alpha value is -3.25. The molecule has 0 bridgehead atoms. The predicted octanol–water partition coefficient (Wildman–Crippen LogP) is 2.98. The lowest BCUT2D eigenvalue weighted by Gasteiger charge is -2.35. The number of carbonyl (C=O) groups is 1. The van der Waals surface area contributed by atoms with Gasteiger partial charge < -0.3 is 20.1 Å². The van der Waals surface area contributed by atoms with Crippen LogP contribution in [0.4, 0.5) is 5.82 Å². The number of nitrogens with two attached hydrogens (primary N) is 1. The van der Waals surface area contributed by atoms with Crippen molar-refractivity contribution >= 4 is 34.2 Å². The van der Waals surface area contributed by atoms with E-state index in [1.165, 1.54) is 6.20 Å². The molecule has 8 nitrogen and oxygen atoms in total. The van der Waals surface area contributed by atoms with E-state index >= 15 is 0 Å². The van der Waals surface area contributed by atoms with Crippen molar-refractivity contribution < 1.29 is 14.3 Å². The first-order chi connectivity index (χ1) is 15.1. The molecule has 156 valence electrons. The molecular formula is C22H18ClN5O3. The number of hydrogen-bond donors (Lipinski definition) is 1. The Balaban J connectivity index is 1.52. The third-order valence-electron chi connectivity index (χ3n) is 5.70. The molecule has 0 unspecified atom stereocenters. The van der Waals surface area contributed by atoms with Gasteiger partial charge in [0.05, 0.1) is 54.3 Å². The quantitative estimate of drug-likeness (QED) is 0.657. The first-order valence-corrected chi connectivity index (χ1v) is 10.2. The second kappa shape index (κ2) is 7.78. The Morgan fingerprint density at radius 3 is 2.90 bits per heavy atom. The molecule has 1 atom stereocenters. The summed E-state index contributed by atoms with van der Waals surface area (Å²) in [5, 5.41) is 10.3. The summed E-state index contributed by atoms with van der Waals surface area (Å²) >= 11 is 6.19. The standard InChI is InChI=1S/C22H18ClN5O3/c23-17-6-19(26-8-13(17)7-24)20-11-30-4-3-28(20)22(29)12-1-2-18-14(5-12)15-9-31-10-16(15)21(25)27-18/h1-2,5-6,8,20H,3-4,9-11H2,(H2,25,27)/t20-/m1/s1. The van der Waals surface area contributed by atoms with E-state index < -0.39 is 6.04 Å². The largest absolute Gasteiger partial charge is 0.383 e. The van der Waals surface area contributed by atoms with Crippen molar-refractivity contribution in [2.45, 2.75) is 19.3 Å². The van der Waals surface area contributed by atoms with Crippen LogP contribution in [0.2, 0.25) is 5.02 Å². The molecular weight excluding hydrogens is 418 g/mol. The average Bonchev–Trinajstić information content (AvgIpc) is 3.29. The van der Waals surface area contributed by atoms with Crippen LogP contribution in [0.3, 0.4) is 0 Å². The summed E-state index contributed by atoms with van der Waals surface area (Å²) in [6, 6.07) is 8.63. The molecule has 4 heterocycles. The van der Waals surface area contributed by atoms with Crippen molar-refractivity contribution in [3.63, 3.8) is 0 Å². The van der Waals surface area contributed by atoms with Gasteiger partial charge in [-0.25, -0.2) is 4.98 Å². The van der Waals surface area contributed by atoms with Gasteiger partial charge in [0.1, 0.15) is 11.9 Å². The SMILES string of the molecule is N#Cc1cnc([C@H]2COCCN2C(=O)c2ccc3nc(N)c4c(c3c2)COC4)cc1Cl. The van der Waals surface area contributed by atoms with Gasteiger partial charge in [0.2, 0.25) is 0 Å². The highest BCUT2D eigenvalue weighted by atomic mass is 35.5. The number of ether oxygens (including phenoxy) is 2. The number of aromatic nitrogens is 2. The molecule has 9 heteroatoms. The summed E-state index contributed by atoms with van der Waals surface area (Å²) in [7, 11) is 0. The maximum absolute atomic E-state index is 13.5. The fourth-order valence-corrected chi connectivity index (χ4v) is 4.27. The number of pyridine rings is 2. The molecule has 0 spiro atoms. The van der Waals surface area contributed by atoms with Gasteiger partial charge in [-0.05, 0) is 29.8 Å². The number of anilines is 1. The van der Waals surface area contributed by atoms with Crippen molar-refractivity contribution in [1.82, 2.24) is 14.9 Å². The molecule has 3 aromatic rings. The monoisotopic (exact) mass is 435 g/mol. The van der Waals surface area contributed by atoms with Crippen molar-refractivity contribution in [3.8, 4) is 6.07 Å². The molecule has 1 saturated heterocycles. The van der Waals surface area contributed by atoms with E-state index in [0.717, 1.165) is 22.0 Å². The minimum absolute atomic E-state index is 0.137. The lowest BCUT2D eigenvalue weighted by Crippen LogP contribution is -2.43. The summed E-state index contributed by atoms with van der Waals surface area (Å²) in [6.07, 6.45) is 1.42. The normalized spacial score (nSPS) is 18.1. The van der Waals surface area contributed by atoms with Crippen LogP contribution in [0.25, 0.3) is 10.9 Å². The van der Waals surface area contributed by atoms with Crippen LogP contribution in [-0.4, -0.2) is 40.5 Å². The van der Waals surface area contributed by atoms with Crippen LogP contribution < -0.4 is 5.73 Å². The molecule has 1 amide bonds. The number of nitrogens with zero attached hydrogens (tertiary/aromatic N) is 4. The molecule has 5 rings (SSSR count). The number of hydrogen-bond acceptors (Lipinski definition) is 7. The van der Waals surface area contributed by atoms with Crippen LogP contribution in [0.15, 0.2) is 30.5 Å². The summed E-state index contributed by atoms with van der Waals surface area (Å²) < 4.78 is 11.2. The van der Waals surface area contributed by atoms with Gasteiger partial charge >= 0.3 is 0 Å². The summed E-state index contributed by atoms with van der Waals surface area (Å²) in [6.45, 7) is 2.03. The highest BCUT2D eigenvalue weighted by molar-refractivity contribution is 6.31. The zero-order valence-corrected chi connectivity index (χ0v) is 17.2. The van der Waals surface area contributed by atoms with Crippen molar-refractivity contribution in [2.24, 2.45) is 0 Å². The van der Waals surface area contributed by atoms with Gasteiger partial charge in [-0.15, -0.1) is 0 Å². The highest BCUT2D eigenvalue weighted by Gasteiger charge is 2.31. The average molecular weight is 436 g/mol. The van der Waals surface area contributed by atoms with Crippen LogP contribution in [0, 0.1) is 11.3 Å². The Morgan fingerprint density at radius 1 is 1.26 bits per heavy atom. The Labute approximate surface area is 183 Å². The number of amides is 1. The van der Waals surface area contributed by atoms with E-state index in [1.54, 1.807) is 17.0 Å². The number of fused-ring (bicyclic) bond motifs is 3. The van der Waals surface area contributed by atoms with Crippen LogP contribution >= 0.6 is 11.6 Å². The van der Waals surface area contributed by atoms with Gasteiger partial charge in [-0.3, -0.25) is 9.78 Å². The van der Waals surface area contributed by atoms with Gasteiger partial charge in [-0.1, -0.05) is 11.6 Å². The molecule has 31 heavy (non-hydrogen) atoms. The second-order valence-electron chi connectivity index (χ2n) is 7.47. The number of nitrogen functional groups attached to an aromatic ring is 1. The Bertz CT molecular complexity index is 1260. The number of morpholine rings is 1. The van der Waals surface area contributed by atoms with E-state index in [2.05, 4.69) is 9.97 Å². The minimum Gasteiger partial charge on any atom is -0.383 e. The van der Waals surface area contributed by atoms with E-state index in [1.807, 2.05) is 18.2 Å². The second-order valence-corrected chi connectivity index (χ2v) is 7.88. The van der Waals surface area contributed by atoms with E-state index in [9.17, 15) is 4.79 Å². The lowest BCUT2D eigenvalue weighted by molar-refractivity contribution is -0.00389. The van der Waals surface area contributed by atoms with Crippen LogP contribution in [0.1, 0.15) is 38.8 Å². The smallest absolute Gasteiger partial charge is 0.254 e. The third-order valence-corrected chi connectivity index (χ3v) is 6.01. The highest BCUT2D eigenvalue weighted by Crippen LogP contribution is 2.33. The van der Waals surface area contributed by atoms with Gasteiger partial charge in [-0.2, -0.15) is 5.26 Å². The molecule has 0 aliphatic carbocycles. The molecule has 1 aromatic carbocycles. The zero-order valence-electron chi connectivity index (χ0n) is 16.5. The number of benzene rings is 1. The molecule has 2 aliphatic rings. The van der Waals surface area contributed by atoms with Crippen molar-refractivity contribution in [2.75, 3.05) is 25.5 Å². The number of nitriles is 1. The summed E-state index contributed by atoms with van der Waals surface area (Å²) in [4.78, 5) is 24.0. The molecule has 2 aliphatic heterocycles. The summed E-state index contributed by atoms with van der Waals surface area (Å²) in [5.74, 6) is 0.332. The molecule has 0 radical (unpaired) electrons. The maximum Gasteiger partial charge on any atom is 0.254 e. The maximum atomic E-state index is 13.5. The first-order valence-electron chi connectivity index (χ1n) is 9.80. The minimum atomic E-state index is -0.402. The van der Waals surface area contributed by atoms with Crippen LogP contribution in [-0.2, 0) is 22.7 Å². The van der Waals surface area contributed by atoms with Gasteiger partial charge in [0.25, 0.3) is 5.91 Å². The Morgan fingerprint density at radius 2 is 2.10 bits per heavy atom.